The Labute approximate surface area is 168 Å². The standard InChI is InChI=1S/C23H22N4O2/c1-14-9-10-20(24-11-14)27-16(12-28)13-29-22-17(6-4-8-19(22)27)23-25-18-7-3-5-15(2)21(18)26-23/h3-11,16,28H,12-13H2,1-2H3,(H,25,26). The first kappa shape index (κ1) is 17.7. The van der Waals surface area contributed by atoms with Gasteiger partial charge < -0.3 is 19.7 Å². The highest BCUT2D eigenvalue weighted by Crippen LogP contribution is 2.44. The number of anilines is 2. The molecule has 146 valence electrons. The zero-order chi connectivity index (χ0) is 20.0. The van der Waals surface area contributed by atoms with Crippen LogP contribution in [0.5, 0.6) is 5.75 Å². The van der Waals surface area contributed by atoms with E-state index in [0.29, 0.717) is 6.61 Å². The van der Waals surface area contributed by atoms with Crippen LogP contribution in [0.2, 0.25) is 0 Å². The van der Waals surface area contributed by atoms with E-state index < -0.39 is 0 Å². The lowest BCUT2D eigenvalue weighted by Crippen LogP contribution is -2.43. The van der Waals surface area contributed by atoms with E-state index in [9.17, 15) is 5.11 Å². The third kappa shape index (κ3) is 2.93. The predicted molar refractivity (Wildman–Crippen MR) is 114 cm³/mol. The number of ether oxygens (including phenoxy) is 1. The molecule has 2 aromatic carbocycles. The van der Waals surface area contributed by atoms with Crippen LogP contribution in [-0.4, -0.2) is 39.3 Å². The average molecular weight is 386 g/mol. The van der Waals surface area contributed by atoms with Crippen molar-refractivity contribution in [1.29, 1.82) is 0 Å². The maximum Gasteiger partial charge on any atom is 0.154 e. The van der Waals surface area contributed by atoms with Gasteiger partial charge in [0.25, 0.3) is 0 Å². The summed E-state index contributed by atoms with van der Waals surface area (Å²) in [6.45, 7) is 4.41. The Morgan fingerprint density at radius 3 is 2.76 bits per heavy atom. The van der Waals surface area contributed by atoms with Crippen molar-refractivity contribution in [1.82, 2.24) is 15.0 Å². The number of nitrogens with zero attached hydrogens (tertiary/aromatic N) is 3. The van der Waals surface area contributed by atoms with E-state index in [1.807, 2.05) is 55.6 Å². The van der Waals surface area contributed by atoms with Crippen LogP contribution in [-0.2, 0) is 0 Å². The van der Waals surface area contributed by atoms with E-state index in [0.717, 1.165) is 50.8 Å². The van der Waals surface area contributed by atoms with E-state index in [2.05, 4.69) is 27.9 Å². The van der Waals surface area contributed by atoms with Crippen molar-refractivity contribution >= 4 is 22.5 Å². The summed E-state index contributed by atoms with van der Waals surface area (Å²) in [5.74, 6) is 2.30. The molecular formula is C23H22N4O2. The summed E-state index contributed by atoms with van der Waals surface area (Å²) in [4.78, 5) is 14.9. The van der Waals surface area contributed by atoms with Crippen molar-refractivity contribution in [3.63, 3.8) is 0 Å². The van der Waals surface area contributed by atoms with Gasteiger partial charge in [0.05, 0.1) is 34.9 Å². The normalized spacial score (nSPS) is 16.0. The van der Waals surface area contributed by atoms with E-state index in [4.69, 9.17) is 9.72 Å². The molecule has 1 atom stereocenters. The van der Waals surface area contributed by atoms with Crippen LogP contribution in [0.3, 0.4) is 0 Å². The van der Waals surface area contributed by atoms with Crippen molar-refractivity contribution in [2.75, 3.05) is 18.1 Å². The zero-order valence-corrected chi connectivity index (χ0v) is 16.4. The van der Waals surface area contributed by atoms with Crippen LogP contribution < -0.4 is 9.64 Å². The summed E-state index contributed by atoms with van der Waals surface area (Å²) in [5, 5.41) is 9.95. The van der Waals surface area contributed by atoms with Crippen molar-refractivity contribution in [3.8, 4) is 17.1 Å². The Hall–Kier alpha value is -3.38. The Balaban J connectivity index is 1.66. The molecule has 2 N–H and O–H groups in total. The molecule has 0 bridgehead atoms. The van der Waals surface area contributed by atoms with Gasteiger partial charge in [0.15, 0.2) is 5.75 Å². The Kier molecular flexibility index (Phi) is 4.21. The highest BCUT2D eigenvalue weighted by atomic mass is 16.5. The Morgan fingerprint density at radius 1 is 1.14 bits per heavy atom. The second kappa shape index (κ2) is 6.90. The number of aryl methyl sites for hydroxylation is 2. The number of fused-ring (bicyclic) bond motifs is 2. The molecule has 6 heteroatoms. The maximum atomic E-state index is 9.95. The number of nitrogens with one attached hydrogen (secondary N) is 1. The number of pyridine rings is 1. The first-order valence-corrected chi connectivity index (χ1v) is 9.70. The predicted octanol–water partition coefficient (Wildman–Crippen LogP) is 4.13. The van der Waals surface area contributed by atoms with Gasteiger partial charge in [0, 0.05) is 6.20 Å². The maximum absolute atomic E-state index is 9.95. The molecule has 1 unspecified atom stereocenters. The summed E-state index contributed by atoms with van der Waals surface area (Å²) in [6.07, 6.45) is 1.84. The summed E-state index contributed by atoms with van der Waals surface area (Å²) in [5.41, 5.74) is 5.95. The molecule has 0 radical (unpaired) electrons. The first-order chi connectivity index (χ1) is 14.2. The SMILES string of the molecule is Cc1ccc(N2c3cccc(-c4nc5c(C)cccc5[nH]4)c3OCC2CO)nc1. The monoisotopic (exact) mass is 386 g/mol. The van der Waals surface area contributed by atoms with E-state index in [1.54, 1.807) is 0 Å². The zero-order valence-electron chi connectivity index (χ0n) is 16.4. The lowest BCUT2D eigenvalue weighted by Gasteiger charge is -2.37. The molecule has 0 saturated carbocycles. The van der Waals surface area contributed by atoms with Gasteiger partial charge in [-0.2, -0.15) is 0 Å². The molecule has 2 aromatic heterocycles. The molecular weight excluding hydrogens is 364 g/mol. The van der Waals surface area contributed by atoms with Gasteiger partial charge in [-0.05, 0) is 49.2 Å². The van der Waals surface area contributed by atoms with Crippen LogP contribution >= 0.6 is 0 Å². The number of aliphatic hydroxyl groups excluding tert-OH is 1. The summed E-state index contributed by atoms with van der Waals surface area (Å²) < 4.78 is 6.12. The third-order valence-electron chi connectivity index (χ3n) is 5.36. The minimum absolute atomic E-state index is 0.0247. The molecule has 0 aliphatic carbocycles. The fourth-order valence-electron chi connectivity index (χ4n) is 3.85. The minimum Gasteiger partial charge on any atom is -0.488 e. The summed E-state index contributed by atoms with van der Waals surface area (Å²) in [7, 11) is 0. The number of benzene rings is 2. The highest BCUT2D eigenvalue weighted by molar-refractivity contribution is 5.86. The molecule has 6 nitrogen and oxygen atoms in total. The number of hydrogen-bond acceptors (Lipinski definition) is 5. The van der Waals surface area contributed by atoms with Gasteiger partial charge >= 0.3 is 0 Å². The van der Waals surface area contributed by atoms with Crippen LogP contribution in [0.4, 0.5) is 11.5 Å². The number of hydrogen-bond donors (Lipinski definition) is 2. The fraction of sp³-hybridized carbons (Fsp3) is 0.217. The largest absolute Gasteiger partial charge is 0.488 e. The van der Waals surface area contributed by atoms with Gasteiger partial charge in [-0.25, -0.2) is 9.97 Å². The van der Waals surface area contributed by atoms with Crippen LogP contribution in [0.1, 0.15) is 11.1 Å². The average Bonchev–Trinajstić information content (AvgIpc) is 3.19. The summed E-state index contributed by atoms with van der Waals surface area (Å²) in [6, 6.07) is 15.9. The molecule has 1 aliphatic heterocycles. The second-order valence-electron chi connectivity index (χ2n) is 7.42. The molecule has 3 heterocycles. The molecule has 4 aromatic rings. The molecule has 0 fully saturated rings. The smallest absolute Gasteiger partial charge is 0.154 e. The van der Waals surface area contributed by atoms with Crippen molar-refractivity contribution in [3.05, 3.63) is 65.9 Å². The minimum atomic E-state index is -0.203. The molecule has 0 spiro atoms. The van der Waals surface area contributed by atoms with Gasteiger partial charge in [0.2, 0.25) is 0 Å². The Bertz CT molecular complexity index is 1180. The van der Waals surface area contributed by atoms with Gasteiger partial charge in [-0.15, -0.1) is 0 Å². The van der Waals surface area contributed by atoms with E-state index in [-0.39, 0.29) is 12.6 Å². The first-order valence-electron chi connectivity index (χ1n) is 9.70. The van der Waals surface area contributed by atoms with Crippen LogP contribution in [0.15, 0.2) is 54.7 Å². The molecule has 0 saturated heterocycles. The number of H-pyrrole nitrogens is 1. The molecule has 0 amide bonds. The highest BCUT2D eigenvalue weighted by Gasteiger charge is 2.31. The van der Waals surface area contributed by atoms with Gasteiger partial charge in [-0.3, -0.25) is 0 Å². The molecule has 5 rings (SSSR count). The molecule has 1 aliphatic rings. The van der Waals surface area contributed by atoms with E-state index >= 15 is 0 Å². The number of aromatic amines is 1. The third-order valence-corrected chi connectivity index (χ3v) is 5.36. The van der Waals surface area contributed by atoms with Gasteiger partial charge in [-0.1, -0.05) is 24.3 Å². The number of imidazole rings is 1. The van der Waals surface area contributed by atoms with Crippen LogP contribution in [0.25, 0.3) is 22.4 Å². The topological polar surface area (TPSA) is 74.3 Å². The van der Waals surface area contributed by atoms with Crippen LogP contribution in [0, 0.1) is 13.8 Å². The quantitative estimate of drug-likeness (QED) is 0.554. The number of aliphatic hydroxyl groups is 1. The number of para-hydroxylation sites is 2. The number of aromatic nitrogens is 3. The molecule has 29 heavy (non-hydrogen) atoms. The Morgan fingerprint density at radius 2 is 2.00 bits per heavy atom. The van der Waals surface area contributed by atoms with Crippen molar-refractivity contribution < 1.29 is 9.84 Å². The summed E-state index contributed by atoms with van der Waals surface area (Å²) >= 11 is 0. The van der Waals surface area contributed by atoms with E-state index in [1.165, 1.54) is 0 Å². The second-order valence-corrected chi connectivity index (χ2v) is 7.42. The fourth-order valence-corrected chi connectivity index (χ4v) is 3.85. The lowest BCUT2D eigenvalue weighted by molar-refractivity contribution is 0.195. The lowest BCUT2D eigenvalue weighted by atomic mass is 10.1. The van der Waals surface area contributed by atoms with Crippen molar-refractivity contribution in [2.45, 2.75) is 19.9 Å². The number of rotatable bonds is 3. The van der Waals surface area contributed by atoms with Crippen molar-refractivity contribution in [2.24, 2.45) is 0 Å². The van der Waals surface area contributed by atoms with Gasteiger partial charge in [0.1, 0.15) is 18.2 Å².